The minimum Gasteiger partial charge on any atom is -0.461 e. The lowest BCUT2D eigenvalue weighted by Crippen LogP contribution is -2.11. The van der Waals surface area contributed by atoms with Gasteiger partial charge in [-0.25, -0.2) is 9.48 Å². The van der Waals surface area contributed by atoms with E-state index >= 15 is 0 Å². The molecule has 0 saturated heterocycles. The predicted octanol–water partition coefficient (Wildman–Crippen LogP) is 1.97. The van der Waals surface area contributed by atoms with E-state index in [1.165, 1.54) is 12.8 Å². The molecule has 1 aliphatic rings. The van der Waals surface area contributed by atoms with Crippen LogP contribution in [0.5, 0.6) is 0 Å². The first kappa shape index (κ1) is 13.8. The number of carbonyl (C=O) groups is 1. The van der Waals surface area contributed by atoms with Crippen molar-refractivity contribution >= 4 is 5.97 Å². The molecule has 2 aromatic heterocycles. The van der Waals surface area contributed by atoms with Crippen LogP contribution in [0.1, 0.15) is 49.1 Å². The van der Waals surface area contributed by atoms with Crippen molar-refractivity contribution in [3.8, 4) is 11.3 Å². The summed E-state index contributed by atoms with van der Waals surface area (Å²) < 4.78 is 8.67. The van der Waals surface area contributed by atoms with Crippen LogP contribution in [0.2, 0.25) is 0 Å². The Morgan fingerprint density at radius 2 is 2.19 bits per heavy atom. The van der Waals surface area contributed by atoms with Gasteiger partial charge >= 0.3 is 5.97 Å². The van der Waals surface area contributed by atoms with Crippen LogP contribution in [0.4, 0.5) is 0 Å². The van der Waals surface area contributed by atoms with E-state index in [0.717, 1.165) is 18.4 Å². The number of hydrogen-bond donors (Lipinski definition) is 0. The van der Waals surface area contributed by atoms with E-state index < -0.39 is 5.97 Å². The fourth-order valence-corrected chi connectivity index (χ4v) is 2.85. The first-order valence-corrected chi connectivity index (χ1v) is 7.32. The molecule has 0 aliphatic heterocycles. The van der Waals surface area contributed by atoms with E-state index in [-0.39, 0.29) is 5.69 Å². The molecule has 0 amide bonds. The highest BCUT2D eigenvalue weighted by Gasteiger charge is 2.28. The van der Waals surface area contributed by atoms with Gasteiger partial charge in [0, 0.05) is 18.8 Å². The Morgan fingerprint density at radius 3 is 2.81 bits per heavy atom. The molecule has 0 atom stereocenters. The number of nitrogens with zero attached hydrogens (tertiary/aromatic N) is 5. The van der Waals surface area contributed by atoms with E-state index in [1.807, 2.05) is 17.9 Å². The number of rotatable bonds is 4. The highest BCUT2D eigenvalue weighted by atomic mass is 16.5. The molecule has 0 unspecified atom stereocenters. The first-order chi connectivity index (χ1) is 10.2. The number of ether oxygens (including phenoxy) is 1. The lowest BCUT2D eigenvalue weighted by Gasteiger charge is -2.12. The first-order valence-electron chi connectivity index (χ1n) is 7.32. The minimum absolute atomic E-state index is 0.275. The van der Waals surface area contributed by atoms with Crippen LogP contribution in [0, 0.1) is 0 Å². The van der Waals surface area contributed by atoms with Gasteiger partial charge in [0.2, 0.25) is 0 Å². The standard InChI is InChI=1S/C14H19N5O2/c1-3-21-14(20)12-13(10-8-15-18(2)9-10)19(17-16-12)11-6-4-5-7-11/h8-9,11H,3-7H2,1-2H3. The Hall–Kier alpha value is -2.18. The van der Waals surface area contributed by atoms with Gasteiger partial charge in [-0.2, -0.15) is 5.10 Å². The van der Waals surface area contributed by atoms with Gasteiger partial charge in [-0.1, -0.05) is 18.1 Å². The van der Waals surface area contributed by atoms with E-state index in [4.69, 9.17) is 4.74 Å². The summed E-state index contributed by atoms with van der Waals surface area (Å²) in [6.07, 6.45) is 8.11. The van der Waals surface area contributed by atoms with Crippen molar-refractivity contribution in [2.45, 2.75) is 38.6 Å². The summed E-state index contributed by atoms with van der Waals surface area (Å²) >= 11 is 0. The second-order valence-corrected chi connectivity index (χ2v) is 5.29. The Balaban J connectivity index is 2.06. The summed E-state index contributed by atoms with van der Waals surface area (Å²) in [6.45, 7) is 2.10. The molecule has 1 fully saturated rings. The van der Waals surface area contributed by atoms with Crippen LogP contribution in [-0.4, -0.2) is 37.4 Å². The van der Waals surface area contributed by atoms with E-state index in [0.29, 0.717) is 18.3 Å². The van der Waals surface area contributed by atoms with Crippen LogP contribution in [0.25, 0.3) is 11.3 Å². The van der Waals surface area contributed by atoms with Crippen molar-refractivity contribution in [1.29, 1.82) is 0 Å². The number of esters is 1. The summed E-state index contributed by atoms with van der Waals surface area (Å²) in [5, 5.41) is 12.5. The zero-order chi connectivity index (χ0) is 14.8. The molecule has 112 valence electrons. The highest BCUT2D eigenvalue weighted by molar-refractivity contribution is 5.94. The van der Waals surface area contributed by atoms with Gasteiger partial charge in [0.05, 0.1) is 18.8 Å². The van der Waals surface area contributed by atoms with Gasteiger partial charge < -0.3 is 4.74 Å². The topological polar surface area (TPSA) is 74.8 Å². The molecule has 2 heterocycles. The van der Waals surface area contributed by atoms with Gasteiger partial charge in [0.15, 0.2) is 5.69 Å². The van der Waals surface area contributed by atoms with Crippen molar-refractivity contribution in [1.82, 2.24) is 24.8 Å². The Morgan fingerprint density at radius 1 is 1.43 bits per heavy atom. The zero-order valence-electron chi connectivity index (χ0n) is 12.3. The number of aromatic nitrogens is 5. The Kier molecular flexibility index (Phi) is 3.72. The molecular formula is C14H19N5O2. The quantitative estimate of drug-likeness (QED) is 0.804. The van der Waals surface area contributed by atoms with Crippen LogP contribution in [-0.2, 0) is 11.8 Å². The zero-order valence-corrected chi connectivity index (χ0v) is 12.3. The Labute approximate surface area is 122 Å². The van der Waals surface area contributed by atoms with E-state index in [2.05, 4.69) is 15.4 Å². The highest BCUT2D eigenvalue weighted by Crippen LogP contribution is 2.34. The fraction of sp³-hybridized carbons (Fsp3) is 0.571. The summed E-state index contributed by atoms with van der Waals surface area (Å²) in [5.74, 6) is -0.430. The molecule has 7 heteroatoms. The van der Waals surface area contributed by atoms with Gasteiger partial charge in [-0.15, -0.1) is 5.10 Å². The van der Waals surface area contributed by atoms with Gasteiger partial charge in [0.25, 0.3) is 0 Å². The number of aryl methyl sites for hydroxylation is 1. The van der Waals surface area contributed by atoms with Crippen molar-refractivity contribution < 1.29 is 9.53 Å². The van der Waals surface area contributed by atoms with Crippen LogP contribution < -0.4 is 0 Å². The lowest BCUT2D eigenvalue weighted by atomic mass is 10.1. The third-order valence-electron chi connectivity index (χ3n) is 3.81. The van der Waals surface area contributed by atoms with Crippen molar-refractivity contribution in [3.63, 3.8) is 0 Å². The Bertz CT molecular complexity index is 640. The fourth-order valence-electron chi connectivity index (χ4n) is 2.85. The molecule has 0 bridgehead atoms. The van der Waals surface area contributed by atoms with E-state index in [9.17, 15) is 4.79 Å². The largest absolute Gasteiger partial charge is 0.461 e. The van der Waals surface area contributed by atoms with Gasteiger partial charge in [0.1, 0.15) is 5.69 Å². The molecule has 0 spiro atoms. The van der Waals surface area contributed by atoms with E-state index in [1.54, 1.807) is 17.8 Å². The molecule has 7 nitrogen and oxygen atoms in total. The smallest absolute Gasteiger partial charge is 0.361 e. The normalized spacial score (nSPS) is 15.5. The predicted molar refractivity (Wildman–Crippen MR) is 75.7 cm³/mol. The monoisotopic (exact) mass is 289 g/mol. The lowest BCUT2D eigenvalue weighted by molar-refractivity contribution is 0.0520. The molecule has 2 aromatic rings. The second-order valence-electron chi connectivity index (χ2n) is 5.29. The molecule has 1 aliphatic carbocycles. The summed E-state index contributed by atoms with van der Waals surface area (Å²) in [5.41, 5.74) is 1.84. The van der Waals surface area contributed by atoms with Crippen molar-refractivity contribution in [2.75, 3.05) is 6.61 Å². The van der Waals surface area contributed by atoms with Crippen molar-refractivity contribution in [2.24, 2.45) is 7.05 Å². The second kappa shape index (κ2) is 5.67. The molecule has 0 radical (unpaired) electrons. The van der Waals surface area contributed by atoms with Crippen LogP contribution >= 0.6 is 0 Å². The number of carbonyl (C=O) groups excluding carboxylic acids is 1. The van der Waals surface area contributed by atoms with Gasteiger partial charge in [-0.05, 0) is 19.8 Å². The third-order valence-corrected chi connectivity index (χ3v) is 3.81. The molecule has 0 aromatic carbocycles. The van der Waals surface area contributed by atoms with Crippen LogP contribution in [0.15, 0.2) is 12.4 Å². The maximum atomic E-state index is 12.1. The summed E-state index contributed by atoms with van der Waals surface area (Å²) in [6, 6.07) is 0.302. The molecule has 3 rings (SSSR count). The molecular weight excluding hydrogens is 270 g/mol. The summed E-state index contributed by atoms with van der Waals surface area (Å²) in [7, 11) is 1.84. The average molecular weight is 289 g/mol. The van der Waals surface area contributed by atoms with Crippen LogP contribution in [0.3, 0.4) is 0 Å². The SMILES string of the molecule is CCOC(=O)c1nnn(C2CCCC2)c1-c1cnn(C)c1. The third kappa shape index (κ3) is 2.55. The average Bonchev–Trinajstić information content (AvgIpc) is 3.17. The minimum atomic E-state index is -0.430. The molecule has 0 N–H and O–H groups in total. The summed E-state index contributed by atoms with van der Waals surface area (Å²) in [4.78, 5) is 12.1. The maximum Gasteiger partial charge on any atom is 0.361 e. The number of hydrogen-bond acceptors (Lipinski definition) is 5. The maximum absolute atomic E-state index is 12.1. The molecule has 21 heavy (non-hydrogen) atoms. The van der Waals surface area contributed by atoms with Crippen molar-refractivity contribution in [3.05, 3.63) is 18.1 Å². The molecule has 1 saturated carbocycles. The van der Waals surface area contributed by atoms with Gasteiger partial charge in [-0.3, -0.25) is 4.68 Å².